The van der Waals surface area contributed by atoms with Gasteiger partial charge in [0, 0.05) is 23.4 Å². The van der Waals surface area contributed by atoms with Gasteiger partial charge in [-0.05, 0) is 26.7 Å². The minimum atomic E-state index is -0.504. The number of esters is 1. The second-order valence-corrected chi connectivity index (χ2v) is 10.5. The summed E-state index contributed by atoms with van der Waals surface area (Å²) in [5, 5.41) is 7.99. The first-order valence-corrected chi connectivity index (χ1v) is 12.9. The lowest BCUT2D eigenvalue weighted by atomic mass is 9.79. The summed E-state index contributed by atoms with van der Waals surface area (Å²) in [7, 11) is 0. The van der Waals surface area contributed by atoms with E-state index in [-0.39, 0.29) is 18.4 Å². The van der Waals surface area contributed by atoms with E-state index in [2.05, 4.69) is 24.4 Å². The molecule has 0 saturated heterocycles. The molecule has 8 nitrogen and oxygen atoms in total. The number of hydrogen-bond donors (Lipinski definition) is 1. The lowest BCUT2D eigenvalue weighted by Gasteiger charge is -2.39. The second-order valence-electron chi connectivity index (χ2n) is 9.39. The van der Waals surface area contributed by atoms with Crippen LogP contribution in [0.25, 0.3) is 16.3 Å². The highest BCUT2D eigenvalue weighted by atomic mass is 32.1. The molecule has 2 aromatic heterocycles. The molecular weight excluding hydrogens is 450 g/mol. The Morgan fingerprint density at radius 1 is 1.18 bits per heavy atom. The van der Waals surface area contributed by atoms with Crippen molar-refractivity contribution in [3.63, 3.8) is 0 Å². The maximum absolute atomic E-state index is 13.3. The number of hydrogen-bond acceptors (Lipinski definition) is 6. The van der Waals surface area contributed by atoms with Crippen molar-refractivity contribution >= 4 is 28.3 Å². The Morgan fingerprint density at radius 2 is 1.94 bits per heavy atom. The summed E-state index contributed by atoms with van der Waals surface area (Å²) >= 11 is 1.60. The van der Waals surface area contributed by atoms with Crippen molar-refractivity contribution in [2.24, 2.45) is 0 Å². The average Bonchev–Trinajstić information content (AvgIpc) is 3.37. The third kappa shape index (κ3) is 4.53. The van der Waals surface area contributed by atoms with E-state index in [0.717, 1.165) is 65.4 Å². The fourth-order valence-electron chi connectivity index (χ4n) is 5.06. The molecule has 0 spiro atoms. The van der Waals surface area contributed by atoms with Gasteiger partial charge in [0.1, 0.15) is 0 Å². The van der Waals surface area contributed by atoms with E-state index in [0.29, 0.717) is 19.7 Å². The van der Waals surface area contributed by atoms with Crippen LogP contribution in [0.2, 0.25) is 0 Å². The fraction of sp³-hybridized carbons (Fsp3) is 0.520. The van der Waals surface area contributed by atoms with Crippen LogP contribution in [0.5, 0.6) is 0 Å². The highest BCUT2D eigenvalue weighted by Gasteiger charge is 2.38. The van der Waals surface area contributed by atoms with Crippen LogP contribution in [0.4, 0.5) is 4.79 Å². The first-order valence-electron chi connectivity index (χ1n) is 12.1. The predicted molar refractivity (Wildman–Crippen MR) is 131 cm³/mol. The number of aromatic nitrogens is 3. The number of amides is 2. The number of fused-ring (bicyclic) bond motifs is 3. The topological polar surface area (TPSA) is 88.8 Å². The normalized spacial score (nSPS) is 17.4. The van der Waals surface area contributed by atoms with Gasteiger partial charge < -0.3 is 15.0 Å². The number of aryl methyl sites for hydroxylation is 1. The van der Waals surface area contributed by atoms with E-state index < -0.39 is 5.54 Å². The number of ether oxygens (including phenoxy) is 1. The second kappa shape index (κ2) is 9.37. The molecule has 0 radical (unpaired) electrons. The molecule has 1 N–H and O–H groups in total. The highest BCUT2D eigenvalue weighted by molar-refractivity contribution is 7.17. The van der Waals surface area contributed by atoms with Crippen LogP contribution in [0.3, 0.4) is 0 Å². The highest BCUT2D eigenvalue weighted by Crippen LogP contribution is 2.33. The number of carbonyl (C=O) groups excluding carboxylic acids is 2. The maximum Gasteiger partial charge on any atom is 0.318 e. The lowest BCUT2D eigenvalue weighted by Crippen LogP contribution is -2.55. The summed E-state index contributed by atoms with van der Waals surface area (Å²) in [4.78, 5) is 34.1. The number of carbonyl (C=O) groups is 2. The SMILES string of the molecule is CCOC(=O)CC1(NC(=O)N2CCc3c(sc4nc(-c5ccc(C)cc5)nn34)C2)CCCCC1. The van der Waals surface area contributed by atoms with E-state index in [9.17, 15) is 9.59 Å². The molecule has 1 fully saturated rings. The van der Waals surface area contributed by atoms with Gasteiger partial charge in [0.15, 0.2) is 5.82 Å². The lowest BCUT2D eigenvalue weighted by molar-refractivity contribution is -0.145. The average molecular weight is 482 g/mol. The first-order chi connectivity index (χ1) is 16.5. The van der Waals surface area contributed by atoms with Crippen molar-refractivity contribution in [1.82, 2.24) is 24.8 Å². The Hall–Kier alpha value is -2.94. The van der Waals surface area contributed by atoms with Gasteiger partial charge in [0.2, 0.25) is 4.96 Å². The number of nitrogens with one attached hydrogen (secondary N) is 1. The summed E-state index contributed by atoms with van der Waals surface area (Å²) in [6.07, 6.45) is 5.76. The molecule has 3 heterocycles. The summed E-state index contributed by atoms with van der Waals surface area (Å²) in [6.45, 7) is 5.38. The zero-order chi connectivity index (χ0) is 23.7. The van der Waals surface area contributed by atoms with Gasteiger partial charge in [-0.1, -0.05) is 60.4 Å². The molecule has 1 aromatic carbocycles. The molecule has 180 valence electrons. The van der Waals surface area contributed by atoms with Gasteiger partial charge in [0.25, 0.3) is 0 Å². The first kappa shape index (κ1) is 22.8. The van der Waals surface area contributed by atoms with E-state index in [1.807, 2.05) is 28.5 Å². The Bertz CT molecular complexity index is 1190. The molecule has 0 bridgehead atoms. The molecule has 1 aliphatic carbocycles. The molecule has 2 amide bonds. The molecule has 3 aromatic rings. The summed E-state index contributed by atoms with van der Waals surface area (Å²) in [6, 6.07) is 8.13. The van der Waals surface area contributed by atoms with Crippen molar-refractivity contribution in [2.75, 3.05) is 13.2 Å². The summed E-state index contributed by atoms with van der Waals surface area (Å²) < 4.78 is 7.13. The van der Waals surface area contributed by atoms with E-state index in [1.54, 1.807) is 11.3 Å². The van der Waals surface area contributed by atoms with Crippen LogP contribution in [0.1, 0.15) is 61.6 Å². The number of nitrogens with zero attached hydrogens (tertiary/aromatic N) is 4. The summed E-state index contributed by atoms with van der Waals surface area (Å²) in [5.74, 6) is 0.494. The predicted octanol–water partition coefficient (Wildman–Crippen LogP) is 4.49. The molecule has 34 heavy (non-hydrogen) atoms. The van der Waals surface area contributed by atoms with Crippen molar-refractivity contribution in [2.45, 2.75) is 70.9 Å². The molecule has 0 atom stereocenters. The Labute approximate surface area is 203 Å². The van der Waals surface area contributed by atoms with E-state index in [1.165, 1.54) is 5.56 Å². The van der Waals surface area contributed by atoms with Crippen molar-refractivity contribution < 1.29 is 14.3 Å². The van der Waals surface area contributed by atoms with Crippen LogP contribution in [0.15, 0.2) is 24.3 Å². The Kier molecular flexibility index (Phi) is 6.29. The summed E-state index contributed by atoms with van der Waals surface area (Å²) in [5.41, 5.74) is 2.84. The molecule has 1 aliphatic heterocycles. The fourth-order valence-corrected chi connectivity index (χ4v) is 6.17. The van der Waals surface area contributed by atoms with Crippen molar-refractivity contribution in [1.29, 1.82) is 0 Å². The quantitative estimate of drug-likeness (QED) is 0.543. The third-order valence-corrected chi connectivity index (χ3v) is 7.95. The van der Waals surface area contributed by atoms with Crippen molar-refractivity contribution in [3.8, 4) is 11.4 Å². The Balaban J connectivity index is 1.30. The van der Waals surface area contributed by atoms with Crippen LogP contribution in [-0.4, -0.2) is 50.2 Å². The van der Waals surface area contributed by atoms with Crippen LogP contribution in [-0.2, 0) is 22.5 Å². The van der Waals surface area contributed by atoms with Crippen LogP contribution in [0, 0.1) is 6.92 Å². The van der Waals surface area contributed by atoms with Crippen LogP contribution >= 0.6 is 11.3 Å². The largest absolute Gasteiger partial charge is 0.466 e. The molecule has 2 aliphatic rings. The van der Waals surface area contributed by atoms with Gasteiger partial charge in [0.05, 0.1) is 30.8 Å². The number of urea groups is 1. The zero-order valence-corrected chi connectivity index (χ0v) is 20.6. The van der Waals surface area contributed by atoms with Crippen molar-refractivity contribution in [3.05, 3.63) is 40.4 Å². The van der Waals surface area contributed by atoms with Gasteiger partial charge in [-0.15, -0.1) is 5.10 Å². The zero-order valence-electron chi connectivity index (χ0n) is 19.8. The number of rotatable bonds is 5. The molecule has 0 unspecified atom stereocenters. The van der Waals surface area contributed by atoms with Gasteiger partial charge >= 0.3 is 12.0 Å². The molecule has 5 rings (SSSR count). The number of thiazole rings is 1. The van der Waals surface area contributed by atoms with Gasteiger partial charge in [-0.2, -0.15) is 4.98 Å². The molecule has 9 heteroatoms. The standard InChI is InChI=1S/C25H31N5O3S/c1-3-33-21(31)15-25(12-5-4-6-13-25)27-23(32)29-14-11-19-20(16-29)34-24-26-22(28-30(19)24)18-9-7-17(2)8-10-18/h7-10H,3-6,11-16H2,1-2H3,(H,27,32). The van der Waals surface area contributed by atoms with E-state index >= 15 is 0 Å². The smallest absolute Gasteiger partial charge is 0.318 e. The number of benzene rings is 1. The van der Waals surface area contributed by atoms with Gasteiger partial charge in [-0.25, -0.2) is 9.31 Å². The Morgan fingerprint density at radius 3 is 2.68 bits per heavy atom. The molecular formula is C25H31N5O3S. The molecule has 1 saturated carbocycles. The van der Waals surface area contributed by atoms with Crippen LogP contribution < -0.4 is 5.32 Å². The third-order valence-electron chi connectivity index (χ3n) is 6.89. The van der Waals surface area contributed by atoms with E-state index in [4.69, 9.17) is 14.8 Å². The minimum absolute atomic E-state index is 0.101. The van der Waals surface area contributed by atoms with Gasteiger partial charge in [-0.3, -0.25) is 4.79 Å². The maximum atomic E-state index is 13.3. The minimum Gasteiger partial charge on any atom is -0.466 e. The monoisotopic (exact) mass is 481 g/mol.